The minimum Gasteiger partial charge on any atom is -0.481 e. The molecule has 5 nitrogen and oxygen atoms in total. The molecule has 5 heteroatoms. The van der Waals surface area contributed by atoms with Crippen LogP contribution in [0.1, 0.15) is 32.1 Å². The fourth-order valence-electron chi connectivity index (χ4n) is 2.17. The highest BCUT2D eigenvalue weighted by atomic mass is 16.5. The number of amides is 1. The molecule has 0 aromatic rings. The number of carbonyl (C=O) groups excluding carboxylic acids is 1. The van der Waals surface area contributed by atoms with Crippen molar-refractivity contribution in [2.75, 3.05) is 20.3 Å². The van der Waals surface area contributed by atoms with Crippen LogP contribution in [0.5, 0.6) is 0 Å². The molecule has 0 atom stereocenters. The van der Waals surface area contributed by atoms with Gasteiger partial charge in [-0.3, -0.25) is 9.59 Å². The van der Waals surface area contributed by atoms with E-state index >= 15 is 0 Å². The van der Waals surface area contributed by atoms with Crippen molar-refractivity contribution in [3.8, 4) is 0 Å². The number of carboxylic acid groups (broad SMARTS) is 1. The molecule has 17 heavy (non-hydrogen) atoms. The van der Waals surface area contributed by atoms with Gasteiger partial charge in [0.05, 0.1) is 5.92 Å². The van der Waals surface area contributed by atoms with E-state index in [0.29, 0.717) is 38.8 Å². The van der Waals surface area contributed by atoms with E-state index in [0.717, 1.165) is 6.42 Å². The normalized spacial score (nSPS) is 24.3. The number of hydrogen-bond acceptors (Lipinski definition) is 3. The summed E-state index contributed by atoms with van der Waals surface area (Å²) in [6, 6.07) is 0. The van der Waals surface area contributed by atoms with Crippen molar-refractivity contribution >= 4 is 11.9 Å². The van der Waals surface area contributed by atoms with Crippen LogP contribution in [0.3, 0.4) is 0 Å². The van der Waals surface area contributed by atoms with E-state index in [1.54, 1.807) is 7.11 Å². The van der Waals surface area contributed by atoms with Crippen LogP contribution in [0.4, 0.5) is 0 Å². The summed E-state index contributed by atoms with van der Waals surface area (Å²) in [6.07, 6.45) is 3.42. The molecular formula is C12H21NO4. The third kappa shape index (κ3) is 4.73. The van der Waals surface area contributed by atoms with Gasteiger partial charge in [0.15, 0.2) is 0 Å². The second-order valence-corrected chi connectivity index (χ2v) is 4.52. The summed E-state index contributed by atoms with van der Waals surface area (Å²) in [5.74, 6) is -0.936. The number of ether oxygens (including phenoxy) is 1. The molecule has 0 heterocycles. The monoisotopic (exact) mass is 243 g/mol. The van der Waals surface area contributed by atoms with Crippen molar-refractivity contribution in [1.29, 1.82) is 0 Å². The fraction of sp³-hybridized carbons (Fsp3) is 0.833. The first-order chi connectivity index (χ1) is 8.15. The third-order valence-electron chi connectivity index (χ3n) is 3.27. The average Bonchev–Trinajstić information content (AvgIpc) is 2.34. The first-order valence-corrected chi connectivity index (χ1v) is 6.14. The Balaban J connectivity index is 2.19. The lowest BCUT2D eigenvalue weighted by molar-refractivity contribution is -0.144. The predicted molar refractivity (Wildman–Crippen MR) is 62.6 cm³/mol. The van der Waals surface area contributed by atoms with Gasteiger partial charge in [0, 0.05) is 26.2 Å². The van der Waals surface area contributed by atoms with Crippen LogP contribution in [0, 0.1) is 11.8 Å². The van der Waals surface area contributed by atoms with Gasteiger partial charge < -0.3 is 15.2 Å². The van der Waals surface area contributed by atoms with Gasteiger partial charge >= 0.3 is 5.97 Å². The lowest BCUT2D eigenvalue weighted by atomic mass is 9.81. The molecule has 2 N–H and O–H groups in total. The van der Waals surface area contributed by atoms with Crippen molar-refractivity contribution in [1.82, 2.24) is 5.32 Å². The molecule has 0 aliphatic heterocycles. The zero-order valence-corrected chi connectivity index (χ0v) is 10.3. The largest absolute Gasteiger partial charge is 0.481 e. The molecule has 0 aromatic carbocycles. The number of nitrogens with one attached hydrogen (secondary N) is 1. The number of hydrogen-bond donors (Lipinski definition) is 2. The van der Waals surface area contributed by atoms with E-state index in [9.17, 15) is 9.59 Å². The van der Waals surface area contributed by atoms with E-state index in [4.69, 9.17) is 9.84 Å². The molecule has 1 amide bonds. The number of methoxy groups -OCH3 is 1. The van der Waals surface area contributed by atoms with E-state index in [-0.39, 0.29) is 17.7 Å². The Morgan fingerprint density at radius 1 is 1.24 bits per heavy atom. The van der Waals surface area contributed by atoms with Crippen LogP contribution in [0.2, 0.25) is 0 Å². The topological polar surface area (TPSA) is 75.6 Å². The van der Waals surface area contributed by atoms with Crippen molar-refractivity contribution in [2.24, 2.45) is 11.8 Å². The lowest BCUT2D eigenvalue weighted by Crippen LogP contribution is -2.35. The average molecular weight is 243 g/mol. The van der Waals surface area contributed by atoms with Gasteiger partial charge in [-0.25, -0.2) is 0 Å². The van der Waals surface area contributed by atoms with E-state index < -0.39 is 5.97 Å². The van der Waals surface area contributed by atoms with Gasteiger partial charge in [0.1, 0.15) is 0 Å². The summed E-state index contributed by atoms with van der Waals surface area (Å²) in [5.41, 5.74) is 0. The fourth-order valence-corrected chi connectivity index (χ4v) is 2.17. The Bertz CT molecular complexity index is 259. The van der Waals surface area contributed by atoms with Gasteiger partial charge in [-0.15, -0.1) is 0 Å². The Hall–Kier alpha value is -1.10. The summed E-state index contributed by atoms with van der Waals surface area (Å²) >= 11 is 0. The van der Waals surface area contributed by atoms with Gasteiger partial charge in [0.2, 0.25) is 5.91 Å². The summed E-state index contributed by atoms with van der Waals surface area (Å²) in [7, 11) is 1.63. The molecule has 1 aliphatic carbocycles. The van der Waals surface area contributed by atoms with Gasteiger partial charge in [0.25, 0.3) is 0 Å². The molecule has 1 fully saturated rings. The summed E-state index contributed by atoms with van der Waals surface area (Å²) in [4.78, 5) is 22.5. The second kappa shape index (κ2) is 7.27. The van der Waals surface area contributed by atoms with Crippen molar-refractivity contribution < 1.29 is 19.4 Å². The van der Waals surface area contributed by atoms with Gasteiger partial charge in [-0.1, -0.05) is 0 Å². The quantitative estimate of drug-likeness (QED) is 0.683. The Morgan fingerprint density at radius 2 is 1.82 bits per heavy atom. The van der Waals surface area contributed by atoms with Crippen LogP contribution >= 0.6 is 0 Å². The lowest BCUT2D eigenvalue weighted by Gasteiger charge is -2.25. The zero-order chi connectivity index (χ0) is 12.7. The number of carbonyl (C=O) groups is 2. The molecule has 1 saturated carbocycles. The van der Waals surface area contributed by atoms with Crippen molar-refractivity contribution in [3.05, 3.63) is 0 Å². The van der Waals surface area contributed by atoms with E-state index in [1.165, 1.54) is 0 Å². The van der Waals surface area contributed by atoms with Crippen LogP contribution in [-0.4, -0.2) is 37.2 Å². The summed E-state index contributed by atoms with van der Waals surface area (Å²) in [5, 5.41) is 11.7. The highest BCUT2D eigenvalue weighted by Crippen LogP contribution is 2.28. The maximum atomic E-state index is 11.7. The van der Waals surface area contributed by atoms with Crippen molar-refractivity contribution in [2.45, 2.75) is 32.1 Å². The van der Waals surface area contributed by atoms with E-state index in [1.807, 2.05) is 0 Å². The molecule has 0 spiro atoms. The Kier molecular flexibility index (Phi) is 5.97. The van der Waals surface area contributed by atoms with Crippen LogP contribution in [0.25, 0.3) is 0 Å². The highest BCUT2D eigenvalue weighted by Gasteiger charge is 2.29. The number of carboxylic acids is 1. The smallest absolute Gasteiger partial charge is 0.306 e. The molecule has 1 rings (SSSR count). The molecule has 0 bridgehead atoms. The minimum atomic E-state index is -0.732. The van der Waals surface area contributed by atoms with Crippen LogP contribution in [0.15, 0.2) is 0 Å². The Labute approximate surface area is 102 Å². The molecule has 0 aromatic heterocycles. The SMILES string of the molecule is COCCCNC(=O)C1CCC(C(=O)O)CC1. The van der Waals surface area contributed by atoms with Gasteiger partial charge in [-0.05, 0) is 32.1 Å². The molecule has 1 aliphatic rings. The number of aliphatic carboxylic acids is 1. The molecule has 98 valence electrons. The van der Waals surface area contributed by atoms with Crippen molar-refractivity contribution in [3.63, 3.8) is 0 Å². The Morgan fingerprint density at radius 3 is 2.35 bits per heavy atom. The minimum absolute atomic E-state index is 0.00635. The maximum Gasteiger partial charge on any atom is 0.306 e. The predicted octanol–water partition coefficient (Wildman–Crippen LogP) is 1.03. The number of rotatable bonds is 6. The van der Waals surface area contributed by atoms with Gasteiger partial charge in [-0.2, -0.15) is 0 Å². The second-order valence-electron chi connectivity index (χ2n) is 4.52. The summed E-state index contributed by atoms with van der Waals surface area (Å²) < 4.78 is 4.89. The van der Waals surface area contributed by atoms with Crippen LogP contribution in [-0.2, 0) is 14.3 Å². The van der Waals surface area contributed by atoms with E-state index in [2.05, 4.69) is 5.32 Å². The highest BCUT2D eigenvalue weighted by molar-refractivity contribution is 5.79. The molecule has 0 saturated heterocycles. The summed E-state index contributed by atoms with van der Waals surface area (Å²) in [6.45, 7) is 1.28. The first-order valence-electron chi connectivity index (χ1n) is 6.14. The molecular weight excluding hydrogens is 222 g/mol. The standard InChI is InChI=1S/C12H21NO4/c1-17-8-2-7-13-11(14)9-3-5-10(6-4-9)12(15)16/h9-10H,2-8H2,1H3,(H,13,14)(H,15,16). The molecule has 0 radical (unpaired) electrons. The molecule has 0 unspecified atom stereocenters. The maximum absolute atomic E-state index is 11.7. The third-order valence-corrected chi connectivity index (χ3v) is 3.27. The first kappa shape index (κ1) is 14.0. The zero-order valence-electron chi connectivity index (χ0n) is 10.3. The van der Waals surface area contributed by atoms with Crippen LogP contribution < -0.4 is 5.32 Å².